The van der Waals surface area contributed by atoms with E-state index in [2.05, 4.69) is 5.32 Å². The van der Waals surface area contributed by atoms with Crippen molar-refractivity contribution in [2.24, 2.45) is 0 Å². The third-order valence-corrected chi connectivity index (χ3v) is 6.73. The molecule has 0 spiro atoms. The number of benzene rings is 1. The fourth-order valence-corrected chi connectivity index (χ4v) is 5.80. The highest BCUT2D eigenvalue weighted by Gasteiger charge is 2.44. The van der Waals surface area contributed by atoms with Gasteiger partial charge in [-0.05, 0) is 37.9 Å². The van der Waals surface area contributed by atoms with Crippen LogP contribution in [0.1, 0.15) is 19.3 Å². The quantitative estimate of drug-likeness (QED) is 0.861. The summed E-state index contributed by atoms with van der Waals surface area (Å²) in [5, 5.41) is 2.83. The van der Waals surface area contributed by atoms with Gasteiger partial charge in [0, 0.05) is 18.6 Å². The SMILES string of the molecule is Cl.O=S(=O)(c1c(Cl)cc(F)cc1Cl)N(C1CC1)C1CCNC1. The van der Waals surface area contributed by atoms with E-state index >= 15 is 0 Å². The Morgan fingerprint density at radius 3 is 2.18 bits per heavy atom. The zero-order valence-electron chi connectivity index (χ0n) is 11.6. The second kappa shape index (κ2) is 6.79. The standard InChI is InChI=1S/C13H15Cl2FN2O2S.ClH/c14-11-5-8(16)6-12(15)13(11)21(19,20)18(9-1-2-9)10-3-4-17-7-10;/h5-6,9-10,17H,1-4,7H2;1H. The Morgan fingerprint density at radius 1 is 1.14 bits per heavy atom. The molecule has 2 aliphatic rings. The second-order valence-corrected chi connectivity index (χ2v) is 8.01. The molecule has 1 atom stereocenters. The summed E-state index contributed by atoms with van der Waals surface area (Å²) in [4.78, 5) is -0.189. The third-order valence-electron chi connectivity index (χ3n) is 3.80. The van der Waals surface area contributed by atoms with Crippen LogP contribution in [-0.2, 0) is 10.0 Å². The van der Waals surface area contributed by atoms with E-state index in [9.17, 15) is 12.8 Å². The van der Waals surface area contributed by atoms with Gasteiger partial charge >= 0.3 is 0 Å². The van der Waals surface area contributed by atoms with Crippen molar-refractivity contribution in [1.29, 1.82) is 0 Å². The predicted molar refractivity (Wildman–Crippen MR) is 87.0 cm³/mol. The molecule has 9 heteroatoms. The largest absolute Gasteiger partial charge is 0.315 e. The first-order chi connectivity index (χ1) is 9.91. The minimum absolute atomic E-state index is 0. The van der Waals surface area contributed by atoms with E-state index in [1.165, 1.54) is 4.31 Å². The average molecular weight is 390 g/mol. The Kier molecular flexibility index (Phi) is 5.63. The molecule has 4 nitrogen and oxygen atoms in total. The van der Waals surface area contributed by atoms with Crippen molar-refractivity contribution in [3.05, 3.63) is 28.0 Å². The van der Waals surface area contributed by atoms with Crippen LogP contribution in [0.4, 0.5) is 4.39 Å². The molecule has 1 aliphatic carbocycles. The van der Waals surface area contributed by atoms with Crippen LogP contribution in [-0.4, -0.2) is 37.9 Å². The molecular weight excluding hydrogens is 374 g/mol. The number of hydrogen-bond acceptors (Lipinski definition) is 3. The Morgan fingerprint density at radius 2 is 1.73 bits per heavy atom. The lowest BCUT2D eigenvalue weighted by molar-refractivity contribution is 0.327. The van der Waals surface area contributed by atoms with Gasteiger partial charge in [0.2, 0.25) is 10.0 Å². The summed E-state index contributed by atoms with van der Waals surface area (Å²) in [6.07, 6.45) is 2.44. The highest BCUT2D eigenvalue weighted by molar-refractivity contribution is 7.89. The first-order valence-corrected chi connectivity index (χ1v) is 8.99. The topological polar surface area (TPSA) is 49.4 Å². The van der Waals surface area contributed by atoms with Crippen LogP contribution in [0.25, 0.3) is 0 Å². The van der Waals surface area contributed by atoms with Gasteiger partial charge in [0.05, 0.1) is 10.0 Å². The molecule has 1 aromatic rings. The van der Waals surface area contributed by atoms with Crippen LogP contribution in [0.15, 0.2) is 17.0 Å². The fourth-order valence-electron chi connectivity index (χ4n) is 2.76. The Labute approximate surface area is 145 Å². The maximum Gasteiger partial charge on any atom is 0.246 e. The summed E-state index contributed by atoms with van der Waals surface area (Å²) in [5.74, 6) is -0.649. The number of halogens is 4. The average Bonchev–Trinajstić information content (AvgIpc) is 3.01. The number of sulfonamides is 1. The van der Waals surface area contributed by atoms with Crippen molar-refractivity contribution in [3.63, 3.8) is 0 Å². The maximum atomic E-state index is 13.3. The van der Waals surface area contributed by atoms with Crippen molar-refractivity contribution >= 4 is 45.6 Å². The van der Waals surface area contributed by atoms with Gasteiger partial charge in [-0.25, -0.2) is 12.8 Å². The van der Waals surface area contributed by atoms with E-state index in [1.54, 1.807) is 0 Å². The van der Waals surface area contributed by atoms with Crippen LogP contribution < -0.4 is 5.32 Å². The van der Waals surface area contributed by atoms with Gasteiger partial charge in [0.15, 0.2) is 0 Å². The van der Waals surface area contributed by atoms with E-state index in [1.807, 2.05) is 0 Å². The molecule has 1 N–H and O–H groups in total. The first kappa shape index (κ1) is 18.2. The molecule has 1 aromatic carbocycles. The molecule has 124 valence electrons. The summed E-state index contributed by atoms with van der Waals surface area (Å²) >= 11 is 11.9. The Hall–Kier alpha value is -0.110. The zero-order chi connectivity index (χ0) is 15.2. The van der Waals surface area contributed by atoms with Crippen LogP contribution in [0.5, 0.6) is 0 Å². The first-order valence-electron chi connectivity index (χ1n) is 6.80. The number of nitrogens with zero attached hydrogens (tertiary/aromatic N) is 1. The fraction of sp³-hybridized carbons (Fsp3) is 0.538. The normalized spacial score (nSPS) is 21.9. The van der Waals surface area contributed by atoms with Crippen molar-refractivity contribution in [1.82, 2.24) is 9.62 Å². The van der Waals surface area contributed by atoms with E-state index in [0.29, 0.717) is 6.54 Å². The highest BCUT2D eigenvalue weighted by Crippen LogP contribution is 2.39. The Bertz CT molecular complexity index is 638. The van der Waals surface area contributed by atoms with Crippen molar-refractivity contribution in [3.8, 4) is 0 Å². The van der Waals surface area contributed by atoms with Gasteiger partial charge in [-0.2, -0.15) is 4.31 Å². The monoisotopic (exact) mass is 388 g/mol. The molecule has 1 aliphatic heterocycles. The molecule has 2 fully saturated rings. The van der Waals surface area contributed by atoms with E-state index < -0.39 is 15.8 Å². The molecule has 3 rings (SSSR count). The second-order valence-electron chi connectivity index (χ2n) is 5.41. The highest BCUT2D eigenvalue weighted by atomic mass is 35.5. The van der Waals surface area contributed by atoms with Crippen LogP contribution in [0, 0.1) is 5.82 Å². The predicted octanol–water partition coefficient (Wildman–Crippen LogP) is 3.07. The summed E-state index contributed by atoms with van der Waals surface area (Å²) in [6, 6.07) is 1.87. The maximum absolute atomic E-state index is 13.3. The minimum Gasteiger partial charge on any atom is -0.315 e. The summed E-state index contributed by atoms with van der Waals surface area (Å²) in [5.41, 5.74) is 0. The minimum atomic E-state index is -3.84. The Balaban J connectivity index is 0.00000176. The van der Waals surface area contributed by atoms with Gasteiger partial charge in [0.25, 0.3) is 0 Å². The van der Waals surface area contributed by atoms with Crippen LogP contribution in [0.3, 0.4) is 0 Å². The number of hydrogen-bond donors (Lipinski definition) is 1. The smallest absolute Gasteiger partial charge is 0.246 e. The van der Waals surface area contributed by atoms with Crippen molar-refractivity contribution < 1.29 is 12.8 Å². The van der Waals surface area contributed by atoms with E-state index in [4.69, 9.17) is 23.2 Å². The molecule has 0 aromatic heterocycles. The molecule has 1 unspecified atom stereocenters. The molecule has 1 saturated carbocycles. The third kappa shape index (κ3) is 3.37. The van der Waals surface area contributed by atoms with Gasteiger partial charge in [-0.3, -0.25) is 0 Å². The summed E-state index contributed by atoms with van der Waals surface area (Å²) < 4.78 is 40.7. The van der Waals surface area contributed by atoms with Gasteiger partial charge in [-0.1, -0.05) is 23.2 Å². The number of nitrogens with one attached hydrogen (secondary N) is 1. The summed E-state index contributed by atoms with van der Waals surface area (Å²) in [7, 11) is -3.84. The van der Waals surface area contributed by atoms with Crippen LogP contribution in [0.2, 0.25) is 10.0 Å². The molecule has 1 heterocycles. The van der Waals surface area contributed by atoms with Crippen molar-refractivity contribution in [2.45, 2.75) is 36.2 Å². The molecule has 1 saturated heterocycles. The molecule has 0 bridgehead atoms. The molecule has 22 heavy (non-hydrogen) atoms. The van der Waals surface area contributed by atoms with Gasteiger partial charge in [0.1, 0.15) is 10.7 Å². The van der Waals surface area contributed by atoms with E-state index in [-0.39, 0.29) is 39.4 Å². The van der Waals surface area contributed by atoms with E-state index in [0.717, 1.165) is 37.9 Å². The molecule has 0 radical (unpaired) electrons. The lowest BCUT2D eigenvalue weighted by Gasteiger charge is -2.28. The van der Waals surface area contributed by atoms with Crippen LogP contribution >= 0.6 is 35.6 Å². The van der Waals surface area contributed by atoms with Gasteiger partial charge < -0.3 is 5.32 Å². The van der Waals surface area contributed by atoms with Gasteiger partial charge in [-0.15, -0.1) is 12.4 Å². The van der Waals surface area contributed by atoms with Crippen molar-refractivity contribution in [2.75, 3.05) is 13.1 Å². The zero-order valence-corrected chi connectivity index (χ0v) is 14.7. The number of rotatable bonds is 4. The molecular formula is C13H16Cl3FN2O2S. The lowest BCUT2D eigenvalue weighted by atomic mass is 10.2. The molecule has 0 amide bonds. The lowest BCUT2D eigenvalue weighted by Crippen LogP contribution is -2.43. The summed E-state index contributed by atoms with van der Waals surface area (Å²) in [6.45, 7) is 1.40.